The molecule has 0 atom stereocenters. The van der Waals surface area contributed by atoms with Gasteiger partial charge in [-0.2, -0.15) is 12.7 Å². The molecule has 98 valence electrons. The third kappa shape index (κ3) is 3.74. The Bertz CT molecular complexity index is 583. The van der Waals surface area contributed by atoms with Crippen LogP contribution >= 0.6 is 0 Å². The number of aryl methyl sites for hydroxylation is 1. The average Bonchev–Trinajstić information content (AvgIpc) is 2.27. The van der Waals surface area contributed by atoms with E-state index in [0.717, 1.165) is 15.4 Å². The van der Waals surface area contributed by atoms with Crippen LogP contribution in [0.15, 0.2) is 18.2 Å². The first-order chi connectivity index (χ1) is 8.36. The number of nitrogens with zero attached hydrogens (tertiary/aromatic N) is 1. The summed E-state index contributed by atoms with van der Waals surface area (Å²) in [7, 11) is -0.533. The third-order valence-corrected chi connectivity index (χ3v) is 3.73. The molecule has 0 aliphatic rings. The second kappa shape index (κ2) is 5.87. The maximum Gasteiger partial charge on any atom is 0.301 e. The molecule has 0 heterocycles. The van der Waals surface area contributed by atoms with Crippen molar-refractivity contribution >= 4 is 15.9 Å². The topological polar surface area (TPSA) is 75.4 Å². The van der Waals surface area contributed by atoms with Gasteiger partial charge in [0.25, 0.3) is 0 Å². The van der Waals surface area contributed by atoms with Crippen LogP contribution in [0.4, 0.5) is 5.69 Å². The van der Waals surface area contributed by atoms with Gasteiger partial charge in [0, 0.05) is 19.7 Å². The summed E-state index contributed by atoms with van der Waals surface area (Å²) < 4.78 is 26.9. The first-order valence-electron chi connectivity index (χ1n) is 5.36. The smallest absolute Gasteiger partial charge is 0.301 e. The third-order valence-electron chi connectivity index (χ3n) is 2.28. The van der Waals surface area contributed by atoms with Crippen molar-refractivity contribution in [2.45, 2.75) is 6.92 Å². The van der Waals surface area contributed by atoms with Crippen LogP contribution in [0.3, 0.4) is 0 Å². The zero-order valence-electron chi connectivity index (χ0n) is 10.7. The standard InChI is InChI=1S/C12H17N3O2S/c1-10-9-12(14-18(16,17)15(2)3)7-6-11(10)5-4-8-13/h6-7,9,14H,8,13H2,1-3H3. The number of hydrogen-bond donors (Lipinski definition) is 2. The van der Waals surface area contributed by atoms with Crippen molar-refractivity contribution in [2.24, 2.45) is 5.73 Å². The summed E-state index contributed by atoms with van der Waals surface area (Å²) in [5.41, 5.74) is 7.55. The fourth-order valence-corrected chi connectivity index (χ4v) is 1.86. The van der Waals surface area contributed by atoms with Crippen LogP contribution in [0.1, 0.15) is 11.1 Å². The van der Waals surface area contributed by atoms with Crippen molar-refractivity contribution in [3.05, 3.63) is 29.3 Å². The van der Waals surface area contributed by atoms with Crippen molar-refractivity contribution in [3.8, 4) is 11.8 Å². The number of nitrogens with one attached hydrogen (secondary N) is 1. The molecule has 1 aromatic rings. The second-order valence-electron chi connectivity index (χ2n) is 3.93. The van der Waals surface area contributed by atoms with E-state index < -0.39 is 10.2 Å². The van der Waals surface area contributed by atoms with Crippen LogP contribution < -0.4 is 10.5 Å². The molecule has 6 heteroatoms. The molecule has 0 saturated heterocycles. The zero-order valence-corrected chi connectivity index (χ0v) is 11.5. The van der Waals surface area contributed by atoms with Gasteiger partial charge in [-0.05, 0) is 30.7 Å². The van der Waals surface area contributed by atoms with Gasteiger partial charge >= 0.3 is 10.2 Å². The van der Waals surface area contributed by atoms with Gasteiger partial charge in [-0.1, -0.05) is 11.8 Å². The molecular weight excluding hydrogens is 250 g/mol. The fraction of sp³-hybridized carbons (Fsp3) is 0.333. The number of benzene rings is 1. The Morgan fingerprint density at radius 1 is 1.39 bits per heavy atom. The molecule has 1 aromatic carbocycles. The van der Waals surface area contributed by atoms with Crippen molar-refractivity contribution in [2.75, 3.05) is 25.4 Å². The van der Waals surface area contributed by atoms with Crippen LogP contribution in [0.2, 0.25) is 0 Å². The molecule has 0 fully saturated rings. The second-order valence-corrected chi connectivity index (χ2v) is 5.81. The van der Waals surface area contributed by atoms with E-state index >= 15 is 0 Å². The van der Waals surface area contributed by atoms with Crippen molar-refractivity contribution in [3.63, 3.8) is 0 Å². The molecule has 0 radical (unpaired) electrons. The van der Waals surface area contributed by atoms with Gasteiger partial charge in [0.2, 0.25) is 0 Å². The minimum atomic E-state index is -3.47. The highest BCUT2D eigenvalue weighted by Gasteiger charge is 2.12. The Labute approximate surface area is 108 Å². The minimum Gasteiger partial charge on any atom is -0.320 e. The number of hydrogen-bond acceptors (Lipinski definition) is 3. The average molecular weight is 267 g/mol. The monoisotopic (exact) mass is 267 g/mol. The Hall–Kier alpha value is -1.55. The molecule has 18 heavy (non-hydrogen) atoms. The van der Waals surface area contributed by atoms with E-state index in [-0.39, 0.29) is 0 Å². The van der Waals surface area contributed by atoms with Gasteiger partial charge in [-0.25, -0.2) is 0 Å². The number of rotatable bonds is 3. The summed E-state index contributed by atoms with van der Waals surface area (Å²) in [6.07, 6.45) is 0. The van der Waals surface area contributed by atoms with E-state index in [1.54, 1.807) is 18.2 Å². The van der Waals surface area contributed by atoms with Gasteiger partial charge in [-0.15, -0.1) is 0 Å². The summed E-state index contributed by atoms with van der Waals surface area (Å²) in [5.74, 6) is 5.68. The number of nitrogens with two attached hydrogens (primary N) is 1. The molecule has 0 amide bonds. The van der Waals surface area contributed by atoms with E-state index in [2.05, 4.69) is 16.6 Å². The van der Waals surface area contributed by atoms with E-state index in [0.29, 0.717) is 12.2 Å². The van der Waals surface area contributed by atoms with Crippen molar-refractivity contribution in [1.29, 1.82) is 0 Å². The van der Waals surface area contributed by atoms with Gasteiger partial charge < -0.3 is 5.73 Å². The predicted octanol–water partition coefficient (Wildman–Crippen LogP) is 0.524. The molecule has 0 unspecified atom stereocenters. The molecule has 0 aliphatic carbocycles. The van der Waals surface area contributed by atoms with Crippen LogP contribution in [-0.4, -0.2) is 33.4 Å². The predicted molar refractivity (Wildman–Crippen MR) is 73.3 cm³/mol. The maximum absolute atomic E-state index is 11.6. The molecule has 0 bridgehead atoms. The van der Waals surface area contributed by atoms with Crippen LogP contribution in [0.5, 0.6) is 0 Å². The SMILES string of the molecule is Cc1cc(NS(=O)(=O)N(C)C)ccc1C#CCN. The lowest BCUT2D eigenvalue weighted by atomic mass is 10.1. The summed E-state index contributed by atoms with van der Waals surface area (Å²) in [6.45, 7) is 2.17. The summed E-state index contributed by atoms with van der Waals surface area (Å²) in [5, 5.41) is 0. The summed E-state index contributed by atoms with van der Waals surface area (Å²) in [4.78, 5) is 0. The fourth-order valence-electron chi connectivity index (χ4n) is 1.25. The maximum atomic E-state index is 11.6. The normalized spacial score (nSPS) is 10.9. The first-order valence-corrected chi connectivity index (χ1v) is 6.80. The Morgan fingerprint density at radius 2 is 2.06 bits per heavy atom. The van der Waals surface area contributed by atoms with E-state index in [4.69, 9.17) is 5.73 Å². The van der Waals surface area contributed by atoms with E-state index in [9.17, 15) is 8.42 Å². The molecule has 3 N–H and O–H groups in total. The zero-order chi connectivity index (χ0) is 13.8. The summed E-state index contributed by atoms with van der Waals surface area (Å²) >= 11 is 0. The lowest BCUT2D eigenvalue weighted by Crippen LogP contribution is -2.28. The Kier molecular flexibility index (Phi) is 4.73. The van der Waals surface area contributed by atoms with Crippen molar-refractivity contribution < 1.29 is 8.42 Å². The largest absolute Gasteiger partial charge is 0.320 e. The van der Waals surface area contributed by atoms with Gasteiger partial charge in [0.15, 0.2) is 0 Å². The number of anilines is 1. The molecule has 0 aliphatic heterocycles. The highest BCUT2D eigenvalue weighted by Crippen LogP contribution is 2.16. The Balaban J connectivity index is 2.99. The molecule has 0 aromatic heterocycles. The van der Waals surface area contributed by atoms with Crippen LogP contribution in [0.25, 0.3) is 0 Å². The molecule has 0 saturated carbocycles. The molecule has 0 spiro atoms. The highest BCUT2D eigenvalue weighted by molar-refractivity contribution is 7.90. The van der Waals surface area contributed by atoms with Crippen LogP contribution in [-0.2, 0) is 10.2 Å². The van der Waals surface area contributed by atoms with Gasteiger partial charge in [0.1, 0.15) is 0 Å². The first kappa shape index (κ1) is 14.5. The lowest BCUT2D eigenvalue weighted by Gasteiger charge is -2.14. The van der Waals surface area contributed by atoms with E-state index in [1.165, 1.54) is 14.1 Å². The minimum absolute atomic E-state index is 0.300. The summed E-state index contributed by atoms with van der Waals surface area (Å²) in [6, 6.07) is 5.18. The van der Waals surface area contributed by atoms with Gasteiger partial charge in [0.05, 0.1) is 12.2 Å². The van der Waals surface area contributed by atoms with Crippen molar-refractivity contribution in [1.82, 2.24) is 4.31 Å². The molecule has 1 rings (SSSR count). The Morgan fingerprint density at radius 3 is 2.56 bits per heavy atom. The van der Waals surface area contributed by atoms with Crippen LogP contribution in [0, 0.1) is 18.8 Å². The quantitative estimate of drug-likeness (QED) is 0.784. The highest BCUT2D eigenvalue weighted by atomic mass is 32.2. The molecule has 5 nitrogen and oxygen atoms in total. The lowest BCUT2D eigenvalue weighted by molar-refractivity contribution is 0.527. The molecular formula is C12H17N3O2S. The van der Waals surface area contributed by atoms with E-state index in [1.807, 2.05) is 6.92 Å². The van der Waals surface area contributed by atoms with Gasteiger partial charge in [-0.3, -0.25) is 4.72 Å².